The number of aryl methyl sites for hydroxylation is 1. The summed E-state index contributed by atoms with van der Waals surface area (Å²) in [6, 6.07) is 4.49. The molecule has 1 saturated heterocycles. The van der Waals surface area contributed by atoms with Crippen LogP contribution in [0.2, 0.25) is 0 Å². The number of amides is 1. The molecule has 3 aromatic rings. The molecule has 0 bridgehead atoms. The van der Waals surface area contributed by atoms with Gasteiger partial charge < -0.3 is 15.1 Å². The average molecular weight is 407 g/mol. The summed E-state index contributed by atoms with van der Waals surface area (Å²) in [5.41, 5.74) is -1.09. The lowest BCUT2D eigenvalue weighted by atomic mass is 9.89. The highest BCUT2D eigenvalue weighted by Crippen LogP contribution is 2.34. The molecule has 0 saturated carbocycles. The number of anilines is 2. The second kappa shape index (κ2) is 6.57. The summed E-state index contributed by atoms with van der Waals surface area (Å²) in [5.74, 6) is 0.232. The number of carbonyl (C=O) groups is 1. The molecule has 0 spiro atoms. The van der Waals surface area contributed by atoms with Gasteiger partial charge in [0, 0.05) is 19.3 Å². The second-order valence-corrected chi connectivity index (χ2v) is 6.84. The van der Waals surface area contributed by atoms with E-state index in [1.54, 1.807) is 14.0 Å². The Bertz CT molecular complexity index is 1060. The number of benzene rings is 1. The Hall–Kier alpha value is -3.44. The molecule has 1 aliphatic heterocycles. The number of nitrogens with one attached hydrogen (secondary N) is 2. The van der Waals surface area contributed by atoms with Crippen molar-refractivity contribution in [3.05, 3.63) is 35.7 Å². The van der Waals surface area contributed by atoms with E-state index >= 15 is 0 Å². The molecule has 9 nitrogen and oxygen atoms in total. The monoisotopic (exact) mass is 407 g/mol. The summed E-state index contributed by atoms with van der Waals surface area (Å²) in [4.78, 5) is 13.3. The summed E-state index contributed by atoms with van der Waals surface area (Å²) in [5, 5.41) is 21.9. The first-order valence-electron chi connectivity index (χ1n) is 8.65. The molecule has 1 atom stereocenters. The fourth-order valence-electron chi connectivity index (χ4n) is 2.99. The molecule has 29 heavy (non-hydrogen) atoms. The van der Waals surface area contributed by atoms with Crippen LogP contribution in [0.4, 0.5) is 24.7 Å². The van der Waals surface area contributed by atoms with Crippen molar-refractivity contribution in [3.8, 4) is 11.6 Å². The van der Waals surface area contributed by atoms with Crippen molar-refractivity contribution in [2.75, 3.05) is 11.9 Å². The highest BCUT2D eigenvalue weighted by atomic mass is 19.4. The maximum atomic E-state index is 12.7. The first-order chi connectivity index (χ1) is 13.7. The van der Waals surface area contributed by atoms with Crippen molar-refractivity contribution in [3.63, 3.8) is 0 Å². The van der Waals surface area contributed by atoms with Gasteiger partial charge in [0.15, 0.2) is 11.5 Å². The van der Waals surface area contributed by atoms with Crippen molar-refractivity contribution in [2.24, 2.45) is 7.05 Å². The Balaban J connectivity index is 1.62. The zero-order valence-corrected chi connectivity index (χ0v) is 15.4. The lowest BCUT2D eigenvalue weighted by Crippen LogP contribution is -2.32. The molecule has 2 aromatic heterocycles. The zero-order chi connectivity index (χ0) is 20.8. The van der Waals surface area contributed by atoms with Crippen LogP contribution in [0.5, 0.6) is 0 Å². The van der Waals surface area contributed by atoms with E-state index in [0.717, 1.165) is 12.1 Å². The van der Waals surface area contributed by atoms with Gasteiger partial charge in [-0.25, -0.2) is 0 Å². The predicted molar refractivity (Wildman–Crippen MR) is 94.0 cm³/mol. The molecule has 1 amide bonds. The Kier molecular flexibility index (Phi) is 4.28. The normalized spacial score (nSPS) is 19.4. The first-order valence-corrected chi connectivity index (χ1v) is 8.65. The maximum Gasteiger partial charge on any atom is 0.416 e. The molecule has 1 fully saturated rings. The van der Waals surface area contributed by atoms with Crippen LogP contribution in [0.15, 0.2) is 28.7 Å². The van der Waals surface area contributed by atoms with E-state index < -0.39 is 17.2 Å². The third-order valence-corrected chi connectivity index (χ3v) is 4.70. The van der Waals surface area contributed by atoms with Crippen LogP contribution in [0.3, 0.4) is 0 Å². The number of alkyl halides is 3. The van der Waals surface area contributed by atoms with Crippen LogP contribution < -0.4 is 10.6 Å². The van der Waals surface area contributed by atoms with E-state index in [4.69, 9.17) is 4.42 Å². The van der Waals surface area contributed by atoms with E-state index in [2.05, 4.69) is 31.0 Å². The molecule has 0 radical (unpaired) electrons. The number of rotatable bonds is 4. The minimum Gasteiger partial charge on any atom is -0.418 e. The molecule has 0 aliphatic carbocycles. The van der Waals surface area contributed by atoms with E-state index in [1.807, 2.05) is 0 Å². The summed E-state index contributed by atoms with van der Waals surface area (Å²) >= 11 is 0. The van der Waals surface area contributed by atoms with Crippen molar-refractivity contribution in [1.82, 2.24) is 30.5 Å². The van der Waals surface area contributed by atoms with Crippen molar-refractivity contribution in [1.29, 1.82) is 0 Å². The van der Waals surface area contributed by atoms with E-state index in [0.29, 0.717) is 18.7 Å². The molecule has 1 aromatic carbocycles. The molecular weight excluding hydrogens is 391 g/mol. The van der Waals surface area contributed by atoms with Gasteiger partial charge in [0.25, 0.3) is 5.89 Å². The lowest BCUT2D eigenvalue weighted by Gasteiger charge is -2.14. The predicted octanol–water partition coefficient (Wildman–Crippen LogP) is 2.41. The van der Waals surface area contributed by atoms with Gasteiger partial charge in [0.2, 0.25) is 11.8 Å². The lowest BCUT2D eigenvalue weighted by molar-refractivity contribution is -0.137. The van der Waals surface area contributed by atoms with Crippen LogP contribution in [-0.4, -0.2) is 37.6 Å². The molecule has 1 aliphatic rings. The van der Waals surface area contributed by atoms with E-state index in [1.165, 1.54) is 16.9 Å². The Morgan fingerprint density at radius 1 is 1.21 bits per heavy atom. The van der Waals surface area contributed by atoms with Crippen LogP contribution in [-0.2, 0) is 23.4 Å². The van der Waals surface area contributed by atoms with Gasteiger partial charge in [0.05, 0.1) is 5.56 Å². The van der Waals surface area contributed by atoms with Gasteiger partial charge in [-0.05, 0) is 37.6 Å². The quantitative estimate of drug-likeness (QED) is 0.683. The van der Waals surface area contributed by atoms with Gasteiger partial charge in [-0.15, -0.1) is 20.4 Å². The third-order valence-electron chi connectivity index (χ3n) is 4.70. The summed E-state index contributed by atoms with van der Waals surface area (Å²) in [6.45, 7) is 2.23. The molecular formula is C17H16F3N7O2. The number of carbonyl (C=O) groups excluding carboxylic acids is 1. The second-order valence-electron chi connectivity index (χ2n) is 6.84. The molecule has 3 heterocycles. The fourth-order valence-corrected chi connectivity index (χ4v) is 2.99. The van der Waals surface area contributed by atoms with Gasteiger partial charge in [0.1, 0.15) is 5.41 Å². The van der Waals surface area contributed by atoms with Gasteiger partial charge in [-0.1, -0.05) is 0 Å². The summed E-state index contributed by atoms with van der Waals surface area (Å²) in [6.07, 6.45) is -3.90. The highest BCUT2D eigenvalue weighted by molar-refractivity contribution is 5.88. The Morgan fingerprint density at radius 2 is 1.93 bits per heavy atom. The van der Waals surface area contributed by atoms with Crippen molar-refractivity contribution < 1.29 is 22.4 Å². The zero-order valence-electron chi connectivity index (χ0n) is 15.4. The number of hydrogen-bond donors (Lipinski definition) is 2. The van der Waals surface area contributed by atoms with Crippen molar-refractivity contribution >= 4 is 17.4 Å². The number of aromatic nitrogens is 5. The molecule has 4 rings (SSSR count). The highest BCUT2D eigenvalue weighted by Gasteiger charge is 2.44. The molecule has 0 unspecified atom stereocenters. The van der Waals surface area contributed by atoms with Crippen LogP contribution in [0.25, 0.3) is 11.6 Å². The van der Waals surface area contributed by atoms with E-state index in [9.17, 15) is 18.0 Å². The van der Waals surface area contributed by atoms with Crippen LogP contribution in [0, 0.1) is 0 Å². The van der Waals surface area contributed by atoms with Crippen LogP contribution in [0.1, 0.15) is 24.8 Å². The molecule has 152 valence electrons. The van der Waals surface area contributed by atoms with Gasteiger partial charge >= 0.3 is 6.18 Å². The fraction of sp³-hybridized carbons (Fsp3) is 0.353. The van der Waals surface area contributed by atoms with E-state index in [-0.39, 0.29) is 29.2 Å². The summed E-state index contributed by atoms with van der Waals surface area (Å²) < 4.78 is 43.9. The topological polar surface area (TPSA) is 111 Å². The van der Waals surface area contributed by atoms with Crippen molar-refractivity contribution in [2.45, 2.75) is 24.9 Å². The SMILES string of the molecule is Cn1nc(Nc2ccc(C(F)(F)F)cc2)c(-c2nnc([C@]3(C)CCNC3=O)o2)n1. The van der Waals surface area contributed by atoms with Gasteiger partial charge in [-0.2, -0.15) is 18.0 Å². The van der Waals surface area contributed by atoms with Crippen LogP contribution >= 0.6 is 0 Å². The maximum absolute atomic E-state index is 12.7. The Morgan fingerprint density at radius 3 is 2.55 bits per heavy atom. The minimum absolute atomic E-state index is 0.0448. The minimum atomic E-state index is -4.42. The molecule has 12 heteroatoms. The third kappa shape index (κ3) is 3.41. The Labute approximate surface area is 162 Å². The standard InChI is InChI=1S/C17H16F3N7O2/c1-16(7-8-21-14(16)28)15-24-23-13(29-15)11-12(26-27(2)25-11)22-10-5-3-9(4-6-10)17(18,19)20/h3-6H,7-8H2,1-2H3,(H,21,28)(H,22,26)/t16-/m1/s1. The summed E-state index contributed by atoms with van der Waals surface area (Å²) in [7, 11) is 1.57. The number of nitrogens with zero attached hydrogens (tertiary/aromatic N) is 5. The van der Waals surface area contributed by atoms with Gasteiger partial charge in [-0.3, -0.25) is 4.79 Å². The number of halogens is 3. The number of hydrogen-bond acceptors (Lipinski definition) is 7. The first kappa shape index (κ1) is 18.9. The largest absolute Gasteiger partial charge is 0.418 e. The molecule has 2 N–H and O–H groups in total. The smallest absolute Gasteiger partial charge is 0.416 e. The average Bonchev–Trinajstić information content (AvgIpc) is 3.35.